The predicted molar refractivity (Wildman–Crippen MR) is 116 cm³/mol. The van der Waals surface area contributed by atoms with Crippen LogP contribution in [0.5, 0.6) is 0 Å². The molecule has 3 nitrogen and oxygen atoms in total. The molecule has 3 aromatic rings. The molecule has 0 spiro atoms. The molecule has 1 N–H and O–H groups in total. The van der Waals surface area contributed by atoms with Crippen molar-refractivity contribution >= 4 is 16.7 Å². The van der Waals surface area contributed by atoms with Gasteiger partial charge in [0.05, 0.1) is 0 Å². The van der Waals surface area contributed by atoms with Crippen LogP contribution in [0.25, 0.3) is 10.9 Å². The van der Waals surface area contributed by atoms with Crippen molar-refractivity contribution in [3.8, 4) is 0 Å². The fourth-order valence-corrected chi connectivity index (χ4v) is 4.43. The lowest BCUT2D eigenvalue weighted by atomic mass is 9.90. The zero-order chi connectivity index (χ0) is 19.2. The molecule has 0 amide bonds. The second-order valence-electron chi connectivity index (χ2n) is 8.08. The molecule has 28 heavy (non-hydrogen) atoms. The van der Waals surface area contributed by atoms with Crippen molar-refractivity contribution in [1.82, 2.24) is 9.88 Å². The molecule has 0 aliphatic carbocycles. The standard InChI is InChI=1S/C25H30N2O/c28-25(21-7-2-1-3-8-21)11-6-16-27-17-14-20(15-18-27)12-13-22-19-26-24-10-5-4-9-23(22)24/h1-5,7-10,19-20,26H,6,11-18H2. The van der Waals surface area contributed by atoms with Gasteiger partial charge in [0.1, 0.15) is 0 Å². The molecule has 1 fully saturated rings. The number of piperidine rings is 1. The molecule has 0 saturated carbocycles. The number of hydrogen-bond acceptors (Lipinski definition) is 2. The molecule has 4 rings (SSSR count). The van der Waals surface area contributed by atoms with Crippen LogP contribution in [0.4, 0.5) is 0 Å². The van der Waals surface area contributed by atoms with Gasteiger partial charge in [0.15, 0.2) is 5.78 Å². The summed E-state index contributed by atoms with van der Waals surface area (Å²) < 4.78 is 0. The normalized spacial score (nSPS) is 15.9. The van der Waals surface area contributed by atoms with Gasteiger partial charge in [0, 0.05) is 29.1 Å². The number of aryl methyl sites for hydroxylation is 1. The number of aromatic amines is 1. The SMILES string of the molecule is O=C(CCCN1CCC(CCc2c[nH]c3ccccc23)CC1)c1ccccc1. The molecular formula is C25H30N2O. The zero-order valence-corrected chi connectivity index (χ0v) is 16.6. The predicted octanol–water partition coefficient (Wildman–Crippen LogP) is 5.48. The third-order valence-electron chi connectivity index (χ3n) is 6.18. The molecule has 0 unspecified atom stereocenters. The van der Waals surface area contributed by atoms with Crippen molar-refractivity contribution in [2.45, 2.75) is 38.5 Å². The summed E-state index contributed by atoms with van der Waals surface area (Å²) in [5, 5.41) is 1.38. The number of ketones is 1. The van der Waals surface area contributed by atoms with E-state index in [4.69, 9.17) is 0 Å². The quantitative estimate of drug-likeness (QED) is 0.530. The van der Waals surface area contributed by atoms with Crippen molar-refractivity contribution in [2.24, 2.45) is 5.92 Å². The summed E-state index contributed by atoms with van der Waals surface area (Å²) in [5.74, 6) is 1.10. The molecule has 146 valence electrons. The second kappa shape index (κ2) is 9.20. The summed E-state index contributed by atoms with van der Waals surface area (Å²) in [5.41, 5.74) is 3.55. The Morgan fingerprint density at radius 3 is 2.57 bits per heavy atom. The van der Waals surface area contributed by atoms with E-state index in [1.165, 1.54) is 55.2 Å². The number of fused-ring (bicyclic) bond motifs is 1. The summed E-state index contributed by atoms with van der Waals surface area (Å²) in [4.78, 5) is 18.1. The van der Waals surface area contributed by atoms with Crippen molar-refractivity contribution in [1.29, 1.82) is 0 Å². The molecule has 3 heteroatoms. The van der Waals surface area contributed by atoms with E-state index in [0.29, 0.717) is 6.42 Å². The minimum atomic E-state index is 0.272. The Hall–Kier alpha value is -2.39. The van der Waals surface area contributed by atoms with Gasteiger partial charge in [0.2, 0.25) is 0 Å². The number of carbonyl (C=O) groups is 1. The first-order chi connectivity index (χ1) is 13.8. The Labute approximate surface area is 167 Å². The maximum absolute atomic E-state index is 12.2. The minimum absolute atomic E-state index is 0.272. The van der Waals surface area contributed by atoms with Gasteiger partial charge < -0.3 is 9.88 Å². The van der Waals surface area contributed by atoms with Gasteiger partial charge in [-0.2, -0.15) is 0 Å². The van der Waals surface area contributed by atoms with Crippen LogP contribution < -0.4 is 0 Å². The number of hydrogen-bond donors (Lipinski definition) is 1. The second-order valence-corrected chi connectivity index (χ2v) is 8.08. The Kier molecular flexibility index (Phi) is 6.23. The summed E-state index contributed by atoms with van der Waals surface area (Å²) in [6, 6.07) is 18.3. The van der Waals surface area contributed by atoms with Gasteiger partial charge in [-0.25, -0.2) is 0 Å². The highest BCUT2D eigenvalue weighted by Crippen LogP contribution is 2.25. The van der Waals surface area contributed by atoms with E-state index < -0.39 is 0 Å². The van der Waals surface area contributed by atoms with Crippen molar-refractivity contribution in [3.63, 3.8) is 0 Å². The summed E-state index contributed by atoms with van der Waals surface area (Å²) >= 11 is 0. The molecule has 2 aromatic carbocycles. The van der Waals surface area contributed by atoms with Gasteiger partial charge in [-0.15, -0.1) is 0 Å². The fraction of sp³-hybridized carbons (Fsp3) is 0.400. The van der Waals surface area contributed by atoms with Gasteiger partial charge in [-0.1, -0.05) is 48.5 Å². The first-order valence-electron chi connectivity index (χ1n) is 10.7. The molecule has 1 aliphatic rings. The van der Waals surface area contributed by atoms with Gasteiger partial charge in [-0.05, 0) is 69.3 Å². The van der Waals surface area contributed by atoms with Gasteiger partial charge in [0.25, 0.3) is 0 Å². The smallest absolute Gasteiger partial charge is 0.162 e. The fourth-order valence-electron chi connectivity index (χ4n) is 4.43. The van der Waals surface area contributed by atoms with Crippen LogP contribution in [-0.2, 0) is 6.42 Å². The number of likely N-dealkylation sites (tertiary alicyclic amines) is 1. The number of rotatable bonds is 8. The topological polar surface area (TPSA) is 36.1 Å². The van der Waals surface area contributed by atoms with Gasteiger partial charge >= 0.3 is 0 Å². The molecule has 1 aliphatic heterocycles. The summed E-state index contributed by atoms with van der Waals surface area (Å²) in [7, 11) is 0. The minimum Gasteiger partial charge on any atom is -0.361 e. The summed E-state index contributed by atoms with van der Waals surface area (Å²) in [6.45, 7) is 3.41. The average molecular weight is 375 g/mol. The largest absolute Gasteiger partial charge is 0.361 e. The number of Topliss-reactive ketones (excluding diaryl/α,β-unsaturated/α-hetero) is 1. The monoisotopic (exact) mass is 374 g/mol. The maximum Gasteiger partial charge on any atom is 0.162 e. The molecule has 0 atom stereocenters. The number of H-pyrrole nitrogens is 1. The van der Waals surface area contributed by atoms with Crippen molar-refractivity contribution in [2.75, 3.05) is 19.6 Å². The highest BCUT2D eigenvalue weighted by Gasteiger charge is 2.19. The molecule has 1 aromatic heterocycles. The van der Waals surface area contributed by atoms with Crippen LogP contribution in [0.3, 0.4) is 0 Å². The number of carbonyl (C=O) groups excluding carboxylic acids is 1. The molecular weight excluding hydrogens is 344 g/mol. The molecule has 0 radical (unpaired) electrons. The number of benzene rings is 2. The van der Waals surface area contributed by atoms with Crippen LogP contribution >= 0.6 is 0 Å². The lowest BCUT2D eigenvalue weighted by Crippen LogP contribution is -2.34. The van der Waals surface area contributed by atoms with E-state index in [-0.39, 0.29) is 5.78 Å². The van der Waals surface area contributed by atoms with E-state index in [2.05, 4.69) is 40.3 Å². The Morgan fingerprint density at radius 2 is 1.75 bits per heavy atom. The highest BCUT2D eigenvalue weighted by molar-refractivity contribution is 5.95. The zero-order valence-electron chi connectivity index (χ0n) is 16.6. The van der Waals surface area contributed by atoms with Crippen LogP contribution in [0.2, 0.25) is 0 Å². The van der Waals surface area contributed by atoms with E-state index >= 15 is 0 Å². The first kappa shape index (κ1) is 18.9. The van der Waals surface area contributed by atoms with Crippen LogP contribution in [0.1, 0.15) is 48.0 Å². The third kappa shape index (κ3) is 4.71. The van der Waals surface area contributed by atoms with E-state index in [0.717, 1.165) is 24.4 Å². The summed E-state index contributed by atoms with van der Waals surface area (Å²) in [6.07, 6.45) is 8.83. The Balaban J connectivity index is 1.16. The van der Waals surface area contributed by atoms with E-state index in [9.17, 15) is 4.79 Å². The number of nitrogens with one attached hydrogen (secondary N) is 1. The van der Waals surface area contributed by atoms with Crippen molar-refractivity contribution in [3.05, 3.63) is 71.9 Å². The Morgan fingerprint density at radius 1 is 1.00 bits per heavy atom. The van der Waals surface area contributed by atoms with E-state index in [1.807, 2.05) is 30.3 Å². The molecule has 2 heterocycles. The van der Waals surface area contributed by atoms with E-state index in [1.54, 1.807) is 0 Å². The van der Waals surface area contributed by atoms with Crippen molar-refractivity contribution < 1.29 is 4.79 Å². The molecule has 0 bridgehead atoms. The average Bonchev–Trinajstić information content (AvgIpc) is 3.17. The highest BCUT2D eigenvalue weighted by atomic mass is 16.1. The lowest BCUT2D eigenvalue weighted by molar-refractivity contribution is 0.0970. The van der Waals surface area contributed by atoms with Crippen LogP contribution in [0.15, 0.2) is 60.8 Å². The molecule has 1 saturated heterocycles. The number of nitrogens with zero attached hydrogens (tertiary/aromatic N) is 1. The number of para-hydroxylation sites is 1. The van der Waals surface area contributed by atoms with Gasteiger partial charge in [-0.3, -0.25) is 4.79 Å². The van der Waals surface area contributed by atoms with Crippen LogP contribution in [-0.4, -0.2) is 35.3 Å². The first-order valence-corrected chi connectivity index (χ1v) is 10.7. The number of aromatic nitrogens is 1. The maximum atomic E-state index is 12.2. The third-order valence-corrected chi connectivity index (χ3v) is 6.18. The Bertz CT molecular complexity index is 891. The lowest BCUT2D eigenvalue weighted by Gasteiger charge is -2.32. The van der Waals surface area contributed by atoms with Crippen LogP contribution in [0, 0.1) is 5.92 Å².